The van der Waals surface area contributed by atoms with Crippen LogP contribution in [0.15, 0.2) is 0 Å². The highest BCUT2D eigenvalue weighted by molar-refractivity contribution is 4.93. The molecular weight excluding hydrogens is 199 g/mol. The third kappa shape index (κ3) is 3.43. The van der Waals surface area contributed by atoms with E-state index in [0.717, 1.165) is 0 Å². The van der Waals surface area contributed by atoms with Crippen molar-refractivity contribution in [2.45, 2.75) is 25.3 Å². The third-order valence-electron chi connectivity index (χ3n) is 2.37. The SMILES string of the molecule is CCC1(O)CN(CCOC(F)(F)F)C1. The number of hydrogen-bond donors (Lipinski definition) is 1. The molecule has 0 atom stereocenters. The van der Waals surface area contributed by atoms with E-state index >= 15 is 0 Å². The standard InChI is InChI=1S/C8H14F3NO2/c1-2-7(13)5-12(6-7)3-4-14-8(9,10)11/h13H,2-6H2,1H3. The monoisotopic (exact) mass is 213 g/mol. The zero-order valence-electron chi connectivity index (χ0n) is 7.97. The van der Waals surface area contributed by atoms with Crippen LogP contribution in [0.4, 0.5) is 13.2 Å². The van der Waals surface area contributed by atoms with E-state index in [1.165, 1.54) is 0 Å². The Kier molecular flexibility index (Phi) is 3.39. The Morgan fingerprint density at radius 1 is 1.43 bits per heavy atom. The molecule has 1 heterocycles. The summed E-state index contributed by atoms with van der Waals surface area (Å²) in [5, 5.41) is 9.54. The van der Waals surface area contributed by atoms with Gasteiger partial charge in [-0.3, -0.25) is 9.64 Å². The van der Waals surface area contributed by atoms with Gasteiger partial charge in [0.1, 0.15) is 0 Å². The lowest BCUT2D eigenvalue weighted by molar-refractivity contribution is -0.326. The molecule has 0 amide bonds. The lowest BCUT2D eigenvalue weighted by Gasteiger charge is -2.46. The molecule has 0 spiro atoms. The number of ether oxygens (including phenoxy) is 1. The van der Waals surface area contributed by atoms with Gasteiger partial charge in [-0.05, 0) is 6.42 Å². The van der Waals surface area contributed by atoms with Crippen molar-refractivity contribution in [3.8, 4) is 0 Å². The van der Waals surface area contributed by atoms with Crippen LogP contribution in [0.1, 0.15) is 13.3 Å². The van der Waals surface area contributed by atoms with Gasteiger partial charge in [-0.15, -0.1) is 13.2 Å². The van der Waals surface area contributed by atoms with Crippen molar-refractivity contribution < 1.29 is 23.0 Å². The van der Waals surface area contributed by atoms with Crippen LogP contribution in [0.2, 0.25) is 0 Å². The van der Waals surface area contributed by atoms with Gasteiger partial charge < -0.3 is 5.11 Å². The maximum Gasteiger partial charge on any atom is 0.522 e. The number of β-amino-alcohol motifs (C(OH)–C–C–N with tert-alkyl or cyclic N) is 1. The molecule has 0 aromatic heterocycles. The number of hydrogen-bond acceptors (Lipinski definition) is 3. The Bertz CT molecular complexity index is 190. The average molecular weight is 213 g/mol. The van der Waals surface area contributed by atoms with Gasteiger partial charge in [0.05, 0.1) is 12.2 Å². The molecule has 0 aromatic carbocycles. The van der Waals surface area contributed by atoms with E-state index in [4.69, 9.17) is 0 Å². The first-order valence-electron chi connectivity index (χ1n) is 4.50. The molecule has 0 aromatic rings. The van der Waals surface area contributed by atoms with Gasteiger partial charge in [-0.25, -0.2) is 0 Å². The molecule has 0 saturated carbocycles. The molecule has 3 nitrogen and oxygen atoms in total. The van der Waals surface area contributed by atoms with Crippen LogP contribution >= 0.6 is 0 Å². The fourth-order valence-corrected chi connectivity index (χ4v) is 1.46. The first-order chi connectivity index (χ1) is 6.35. The predicted octanol–water partition coefficient (Wildman–Crippen LogP) is 0.980. The molecule has 14 heavy (non-hydrogen) atoms. The Morgan fingerprint density at radius 2 is 2.00 bits per heavy atom. The second-order valence-electron chi connectivity index (χ2n) is 3.58. The molecule has 6 heteroatoms. The molecule has 1 aliphatic heterocycles. The minimum absolute atomic E-state index is 0.210. The Hall–Kier alpha value is -0.330. The molecule has 1 N–H and O–H groups in total. The van der Waals surface area contributed by atoms with Crippen molar-refractivity contribution in [3.05, 3.63) is 0 Å². The topological polar surface area (TPSA) is 32.7 Å². The molecule has 1 fully saturated rings. The summed E-state index contributed by atoms with van der Waals surface area (Å²) in [6, 6.07) is 0. The summed E-state index contributed by atoms with van der Waals surface area (Å²) in [6.07, 6.45) is -3.92. The van der Waals surface area contributed by atoms with E-state index in [-0.39, 0.29) is 13.2 Å². The summed E-state index contributed by atoms with van der Waals surface area (Å²) < 4.78 is 38.3. The van der Waals surface area contributed by atoms with E-state index in [2.05, 4.69) is 4.74 Å². The number of likely N-dealkylation sites (tertiary alicyclic amines) is 1. The molecule has 0 bridgehead atoms. The van der Waals surface area contributed by atoms with Crippen molar-refractivity contribution in [1.82, 2.24) is 4.90 Å². The lowest BCUT2D eigenvalue weighted by atomic mass is 9.91. The van der Waals surface area contributed by atoms with Crippen LogP contribution in [0.5, 0.6) is 0 Å². The molecule has 0 unspecified atom stereocenters. The lowest BCUT2D eigenvalue weighted by Crippen LogP contribution is -2.61. The minimum Gasteiger partial charge on any atom is -0.387 e. The molecule has 84 valence electrons. The molecular formula is C8H14F3NO2. The zero-order chi connectivity index (χ0) is 10.8. The van der Waals surface area contributed by atoms with Crippen molar-refractivity contribution in [1.29, 1.82) is 0 Å². The molecule has 1 rings (SSSR count). The van der Waals surface area contributed by atoms with Crippen LogP contribution < -0.4 is 0 Å². The first kappa shape index (κ1) is 11.7. The normalized spacial score (nSPS) is 22.1. The Labute approximate surface area is 80.5 Å². The van der Waals surface area contributed by atoms with E-state index in [1.807, 2.05) is 6.92 Å². The van der Waals surface area contributed by atoms with Crippen LogP contribution in [-0.2, 0) is 4.74 Å². The largest absolute Gasteiger partial charge is 0.522 e. The number of nitrogens with zero attached hydrogens (tertiary/aromatic N) is 1. The van der Waals surface area contributed by atoms with Crippen LogP contribution in [0, 0.1) is 0 Å². The second kappa shape index (κ2) is 4.04. The smallest absolute Gasteiger partial charge is 0.387 e. The fraction of sp³-hybridized carbons (Fsp3) is 1.00. The van der Waals surface area contributed by atoms with E-state index < -0.39 is 12.0 Å². The molecule has 1 saturated heterocycles. The summed E-state index contributed by atoms with van der Waals surface area (Å²) >= 11 is 0. The summed E-state index contributed by atoms with van der Waals surface area (Å²) in [5.41, 5.74) is -0.696. The van der Waals surface area contributed by atoms with Gasteiger partial charge in [-0.1, -0.05) is 6.92 Å². The fourth-order valence-electron chi connectivity index (χ4n) is 1.46. The third-order valence-corrected chi connectivity index (χ3v) is 2.37. The summed E-state index contributed by atoms with van der Waals surface area (Å²) in [6.45, 7) is 2.56. The van der Waals surface area contributed by atoms with Gasteiger partial charge in [0.25, 0.3) is 0 Å². The maximum absolute atomic E-state index is 11.6. The molecule has 0 aliphatic carbocycles. The average Bonchev–Trinajstić information content (AvgIpc) is 1.98. The van der Waals surface area contributed by atoms with Crippen LogP contribution in [-0.4, -0.2) is 48.2 Å². The van der Waals surface area contributed by atoms with Gasteiger partial charge in [0.2, 0.25) is 0 Å². The summed E-state index contributed by atoms with van der Waals surface area (Å²) in [4.78, 5) is 1.73. The van der Waals surface area contributed by atoms with Crippen LogP contribution in [0.25, 0.3) is 0 Å². The number of halogens is 3. The summed E-state index contributed by atoms with van der Waals surface area (Å²) in [5.74, 6) is 0. The molecule has 1 aliphatic rings. The van der Waals surface area contributed by atoms with E-state index in [1.54, 1.807) is 4.90 Å². The number of aliphatic hydroxyl groups is 1. The minimum atomic E-state index is -4.55. The van der Waals surface area contributed by atoms with Gasteiger partial charge >= 0.3 is 6.36 Å². The summed E-state index contributed by atoms with van der Waals surface area (Å²) in [7, 11) is 0. The van der Waals surface area contributed by atoms with Crippen LogP contribution in [0.3, 0.4) is 0 Å². The van der Waals surface area contributed by atoms with Crippen molar-refractivity contribution in [2.24, 2.45) is 0 Å². The highest BCUT2D eigenvalue weighted by atomic mass is 19.4. The predicted molar refractivity (Wildman–Crippen MR) is 43.7 cm³/mol. The number of alkyl halides is 3. The quantitative estimate of drug-likeness (QED) is 0.755. The van der Waals surface area contributed by atoms with Crippen molar-refractivity contribution in [2.75, 3.05) is 26.2 Å². The maximum atomic E-state index is 11.6. The van der Waals surface area contributed by atoms with Gasteiger partial charge in [0, 0.05) is 19.6 Å². The zero-order valence-corrected chi connectivity index (χ0v) is 7.97. The van der Waals surface area contributed by atoms with E-state index in [0.29, 0.717) is 19.5 Å². The van der Waals surface area contributed by atoms with Gasteiger partial charge in [0.15, 0.2) is 0 Å². The molecule has 0 radical (unpaired) electrons. The van der Waals surface area contributed by atoms with E-state index in [9.17, 15) is 18.3 Å². The highest BCUT2D eigenvalue weighted by Gasteiger charge is 2.39. The number of rotatable bonds is 4. The van der Waals surface area contributed by atoms with Crippen molar-refractivity contribution in [3.63, 3.8) is 0 Å². The Morgan fingerprint density at radius 3 is 2.43 bits per heavy atom. The second-order valence-corrected chi connectivity index (χ2v) is 3.58. The Balaban J connectivity index is 2.07. The van der Waals surface area contributed by atoms with Crippen molar-refractivity contribution >= 4 is 0 Å². The first-order valence-corrected chi connectivity index (χ1v) is 4.50. The highest BCUT2D eigenvalue weighted by Crippen LogP contribution is 2.24. The van der Waals surface area contributed by atoms with Gasteiger partial charge in [-0.2, -0.15) is 0 Å².